The SMILES string of the molecule is CC(C)C1C(=O)NCCN1C(=O)CCc1ccc(C(=O)O)cc1. The van der Waals surface area contributed by atoms with Crippen LogP contribution >= 0.6 is 0 Å². The molecule has 0 spiro atoms. The van der Waals surface area contributed by atoms with Crippen LogP contribution in [0.25, 0.3) is 0 Å². The highest BCUT2D eigenvalue weighted by atomic mass is 16.4. The van der Waals surface area contributed by atoms with E-state index in [2.05, 4.69) is 5.32 Å². The Kier molecular flexibility index (Phi) is 5.36. The van der Waals surface area contributed by atoms with Gasteiger partial charge in [0.1, 0.15) is 6.04 Å². The Balaban J connectivity index is 1.98. The van der Waals surface area contributed by atoms with Crippen molar-refractivity contribution in [3.63, 3.8) is 0 Å². The number of hydrogen-bond acceptors (Lipinski definition) is 3. The second-order valence-electron chi connectivity index (χ2n) is 6.07. The highest BCUT2D eigenvalue weighted by Crippen LogP contribution is 2.16. The van der Waals surface area contributed by atoms with E-state index in [1.807, 2.05) is 13.8 Å². The minimum absolute atomic E-state index is 0.0409. The number of aromatic carboxylic acids is 1. The molecule has 0 radical (unpaired) electrons. The lowest BCUT2D eigenvalue weighted by atomic mass is 9.98. The topological polar surface area (TPSA) is 86.7 Å². The summed E-state index contributed by atoms with van der Waals surface area (Å²) < 4.78 is 0. The van der Waals surface area contributed by atoms with Crippen LogP contribution < -0.4 is 5.32 Å². The number of aryl methyl sites for hydroxylation is 1. The Morgan fingerprint density at radius 2 is 1.96 bits per heavy atom. The first-order valence-electron chi connectivity index (χ1n) is 7.79. The summed E-state index contributed by atoms with van der Waals surface area (Å²) in [5, 5.41) is 11.7. The molecule has 1 unspecified atom stereocenters. The summed E-state index contributed by atoms with van der Waals surface area (Å²) in [6.45, 7) is 4.88. The van der Waals surface area contributed by atoms with Crippen molar-refractivity contribution in [1.82, 2.24) is 10.2 Å². The predicted molar refractivity (Wildman–Crippen MR) is 85.1 cm³/mol. The largest absolute Gasteiger partial charge is 0.478 e. The van der Waals surface area contributed by atoms with Gasteiger partial charge >= 0.3 is 5.97 Å². The van der Waals surface area contributed by atoms with Crippen LogP contribution in [-0.2, 0) is 16.0 Å². The molecule has 6 heteroatoms. The standard InChI is InChI=1S/C17H22N2O4/c1-11(2)15-16(21)18-9-10-19(15)14(20)8-5-12-3-6-13(7-4-12)17(22)23/h3-4,6-7,11,15H,5,8-10H2,1-2H3,(H,18,21)(H,22,23). The van der Waals surface area contributed by atoms with E-state index in [1.54, 1.807) is 17.0 Å². The number of piperazine rings is 1. The van der Waals surface area contributed by atoms with Gasteiger partial charge in [-0.05, 0) is 30.0 Å². The van der Waals surface area contributed by atoms with Gasteiger partial charge in [-0.25, -0.2) is 4.79 Å². The Labute approximate surface area is 135 Å². The van der Waals surface area contributed by atoms with Crippen molar-refractivity contribution in [3.05, 3.63) is 35.4 Å². The molecule has 6 nitrogen and oxygen atoms in total. The van der Waals surface area contributed by atoms with Crippen molar-refractivity contribution < 1.29 is 19.5 Å². The highest BCUT2D eigenvalue weighted by Gasteiger charge is 2.34. The van der Waals surface area contributed by atoms with E-state index in [0.29, 0.717) is 25.9 Å². The zero-order valence-corrected chi connectivity index (χ0v) is 13.4. The summed E-state index contributed by atoms with van der Waals surface area (Å²) in [7, 11) is 0. The van der Waals surface area contributed by atoms with Crippen molar-refractivity contribution in [1.29, 1.82) is 0 Å². The van der Waals surface area contributed by atoms with Gasteiger partial charge in [-0.15, -0.1) is 0 Å². The number of carboxylic acid groups (broad SMARTS) is 1. The first-order valence-corrected chi connectivity index (χ1v) is 7.79. The molecule has 0 bridgehead atoms. The molecular weight excluding hydrogens is 296 g/mol. The molecule has 1 aromatic carbocycles. The van der Waals surface area contributed by atoms with E-state index < -0.39 is 12.0 Å². The quantitative estimate of drug-likeness (QED) is 0.857. The second-order valence-corrected chi connectivity index (χ2v) is 6.07. The van der Waals surface area contributed by atoms with E-state index >= 15 is 0 Å². The van der Waals surface area contributed by atoms with Crippen LogP contribution in [0.15, 0.2) is 24.3 Å². The van der Waals surface area contributed by atoms with Crippen molar-refractivity contribution in [2.24, 2.45) is 5.92 Å². The van der Waals surface area contributed by atoms with Crippen LogP contribution in [0, 0.1) is 5.92 Å². The Morgan fingerprint density at radius 1 is 1.30 bits per heavy atom. The normalized spacial score (nSPS) is 18.0. The fourth-order valence-corrected chi connectivity index (χ4v) is 2.84. The summed E-state index contributed by atoms with van der Waals surface area (Å²) in [6, 6.07) is 6.10. The van der Waals surface area contributed by atoms with Gasteiger partial charge in [0.25, 0.3) is 0 Å². The summed E-state index contributed by atoms with van der Waals surface area (Å²) in [5.41, 5.74) is 1.14. The fourth-order valence-electron chi connectivity index (χ4n) is 2.84. The Hall–Kier alpha value is -2.37. The molecule has 2 amide bonds. The molecular formula is C17H22N2O4. The number of nitrogens with one attached hydrogen (secondary N) is 1. The van der Waals surface area contributed by atoms with Crippen LogP contribution in [0.1, 0.15) is 36.2 Å². The zero-order valence-electron chi connectivity index (χ0n) is 13.4. The van der Waals surface area contributed by atoms with E-state index in [4.69, 9.17) is 5.11 Å². The van der Waals surface area contributed by atoms with Gasteiger partial charge in [0.15, 0.2) is 0 Å². The average Bonchev–Trinajstić information content (AvgIpc) is 2.52. The smallest absolute Gasteiger partial charge is 0.335 e. The molecule has 0 saturated carbocycles. The lowest BCUT2D eigenvalue weighted by Crippen LogP contribution is -2.59. The van der Waals surface area contributed by atoms with Gasteiger partial charge in [0.2, 0.25) is 11.8 Å². The molecule has 124 valence electrons. The number of hydrogen-bond donors (Lipinski definition) is 2. The molecule has 23 heavy (non-hydrogen) atoms. The van der Waals surface area contributed by atoms with Crippen molar-refractivity contribution in [2.75, 3.05) is 13.1 Å². The third-order valence-corrected chi connectivity index (χ3v) is 4.04. The molecule has 1 aliphatic heterocycles. The maximum absolute atomic E-state index is 12.5. The molecule has 1 heterocycles. The number of rotatable bonds is 5. The average molecular weight is 318 g/mol. The molecule has 1 aliphatic rings. The number of carbonyl (C=O) groups is 3. The maximum Gasteiger partial charge on any atom is 0.335 e. The number of nitrogens with zero attached hydrogens (tertiary/aromatic N) is 1. The molecule has 1 saturated heterocycles. The van der Waals surface area contributed by atoms with Gasteiger partial charge in [0, 0.05) is 19.5 Å². The van der Waals surface area contributed by atoms with E-state index in [1.165, 1.54) is 12.1 Å². The van der Waals surface area contributed by atoms with Crippen LogP contribution in [0.4, 0.5) is 0 Å². The van der Waals surface area contributed by atoms with E-state index in [0.717, 1.165) is 5.56 Å². The van der Waals surface area contributed by atoms with Crippen molar-refractivity contribution in [2.45, 2.75) is 32.7 Å². The van der Waals surface area contributed by atoms with Crippen LogP contribution in [0.3, 0.4) is 0 Å². The minimum atomic E-state index is -0.966. The predicted octanol–water partition coefficient (Wildman–Crippen LogP) is 1.30. The van der Waals surface area contributed by atoms with Crippen LogP contribution in [0.2, 0.25) is 0 Å². The molecule has 1 fully saturated rings. The van der Waals surface area contributed by atoms with Gasteiger partial charge in [-0.2, -0.15) is 0 Å². The highest BCUT2D eigenvalue weighted by molar-refractivity contribution is 5.89. The lowest BCUT2D eigenvalue weighted by Gasteiger charge is -2.37. The molecule has 1 atom stereocenters. The fraction of sp³-hybridized carbons (Fsp3) is 0.471. The molecule has 0 aliphatic carbocycles. The van der Waals surface area contributed by atoms with Crippen molar-refractivity contribution in [3.8, 4) is 0 Å². The molecule has 2 rings (SSSR count). The third-order valence-electron chi connectivity index (χ3n) is 4.04. The number of benzene rings is 1. The monoisotopic (exact) mass is 318 g/mol. The minimum Gasteiger partial charge on any atom is -0.478 e. The van der Waals surface area contributed by atoms with Crippen LogP contribution in [-0.4, -0.2) is 46.9 Å². The second kappa shape index (κ2) is 7.26. The summed E-state index contributed by atoms with van der Waals surface area (Å²) >= 11 is 0. The summed E-state index contributed by atoms with van der Waals surface area (Å²) in [6.07, 6.45) is 0.838. The van der Waals surface area contributed by atoms with Gasteiger partial charge in [-0.1, -0.05) is 26.0 Å². The van der Waals surface area contributed by atoms with E-state index in [-0.39, 0.29) is 23.3 Å². The molecule has 2 N–H and O–H groups in total. The maximum atomic E-state index is 12.5. The van der Waals surface area contributed by atoms with Gasteiger partial charge in [0.05, 0.1) is 5.56 Å². The summed E-state index contributed by atoms with van der Waals surface area (Å²) in [4.78, 5) is 36.9. The first kappa shape index (κ1) is 17.0. The number of amides is 2. The summed E-state index contributed by atoms with van der Waals surface area (Å²) in [5.74, 6) is -1.04. The number of carbonyl (C=O) groups excluding carboxylic acids is 2. The molecule has 1 aromatic rings. The van der Waals surface area contributed by atoms with E-state index in [9.17, 15) is 14.4 Å². The molecule has 0 aromatic heterocycles. The van der Waals surface area contributed by atoms with Crippen LogP contribution in [0.5, 0.6) is 0 Å². The zero-order chi connectivity index (χ0) is 17.0. The Morgan fingerprint density at radius 3 is 2.52 bits per heavy atom. The Bertz CT molecular complexity index is 595. The van der Waals surface area contributed by atoms with Gasteiger partial charge in [-0.3, -0.25) is 9.59 Å². The first-order chi connectivity index (χ1) is 10.9. The van der Waals surface area contributed by atoms with Gasteiger partial charge < -0.3 is 15.3 Å². The third kappa shape index (κ3) is 4.09. The number of carboxylic acids is 1. The lowest BCUT2D eigenvalue weighted by molar-refractivity contribution is -0.145. The van der Waals surface area contributed by atoms with Crippen molar-refractivity contribution >= 4 is 17.8 Å².